The van der Waals surface area contributed by atoms with Gasteiger partial charge in [-0.1, -0.05) is 6.92 Å². The van der Waals surface area contributed by atoms with Crippen LogP contribution in [0.2, 0.25) is 0 Å². The first-order chi connectivity index (χ1) is 10.7. The number of halogens is 1. The number of nitrogens with zero attached hydrogens (tertiary/aromatic N) is 4. The molecule has 3 heterocycles. The summed E-state index contributed by atoms with van der Waals surface area (Å²) in [5, 5.41) is 9.21. The first kappa shape index (κ1) is 15.0. The third-order valence-electron chi connectivity index (χ3n) is 4.27. The summed E-state index contributed by atoms with van der Waals surface area (Å²) in [6.45, 7) is 3.53. The maximum absolute atomic E-state index is 13.5. The van der Waals surface area contributed by atoms with Crippen LogP contribution in [0.25, 0.3) is 0 Å². The molecule has 1 aliphatic rings. The predicted octanol–water partition coefficient (Wildman–Crippen LogP) is 2.31. The van der Waals surface area contributed by atoms with E-state index in [1.165, 1.54) is 6.20 Å². The molecular weight excluding hydrogens is 283 g/mol. The third kappa shape index (κ3) is 2.83. The summed E-state index contributed by atoms with van der Waals surface area (Å²) in [5.74, 6) is 1.37. The van der Waals surface area contributed by atoms with Crippen LogP contribution < -0.4 is 4.90 Å². The van der Waals surface area contributed by atoms with Gasteiger partial charge in [-0.3, -0.25) is 0 Å². The number of aliphatic hydroxyl groups excluding tert-OH is 1. The Bertz CT molecular complexity index is 643. The van der Waals surface area contributed by atoms with E-state index in [-0.39, 0.29) is 6.61 Å². The predicted molar refractivity (Wildman–Crippen MR) is 82.2 cm³/mol. The Labute approximate surface area is 129 Å². The Morgan fingerprint density at radius 1 is 1.41 bits per heavy atom. The minimum absolute atomic E-state index is 0.295. The van der Waals surface area contributed by atoms with Crippen LogP contribution in [0.3, 0.4) is 0 Å². The van der Waals surface area contributed by atoms with E-state index in [0.29, 0.717) is 11.6 Å². The van der Waals surface area contributed by atoms with Crippen molar-refractivity contribution in [2.24, 2.45) is 0 Å². The topological polar surface area (TPSA) is 54.2 Å². The summed E-state index contributed by atoms with van der Waals surface area (Å²) in [5.41, 5.74) is 0.295. The van der Waals surface area contributed by atoms with Crippen molar-refractivity contribution in [3.8, 4) is 0 Å². The largest absolute Gasteiger partial charge is 0.392 e. The fourth-order valence-corrected chi connectivity index (χ4v) is 3.10. The first-order valence-electron chi connectivity index (χ1n) is 7.74. The number of pyridine rings is 1. The van der Waals surface area contributed by atoms with Crippen LogP contribution in [0.4, 0.5) is 10.2 Å². The van der Waals surface area contributed by atoms with Crippen molar-refractivity contribution < 1.29 is 9.50 Å². The molecule has 0 aromatic carbocycles. The standard InChI is InChI=1S/C16H21FN4O/c1-2-15-18-5-7-21(15)13-4-3-6-20(10-13)16-8-12(11-22)14(17)9-19-16/h5,7-9,13,22H,2-4,6,10-11H2,1H3. The number of piperidine rings is 1. The van der Waals surface area contributed by atoms with Gasteiger partial charge in [0.05, 0.1) is 18.8 Å². The van der Waals surface area contributed by atoms with Crippen LogP contribution in [-0.2, 0) is 13.0 Å². The van der Waals surface area contributed by atoms with Gasteiger partial charge in [-0.05, 0) is 18.9 Å². The lowest BCUT2D eigenvalue weighted by Crippen LogP contribution is -2.37. The molecule has 6 heteroatoms. The molecule has 5 nitrogen and oxygen atoms in total. The first-order valence-corrected chi connectivity index (χ1v) is 7.74. The van der Waals surface area contributed by atoms with Gasteiger partial charge in [-0.15, -0.1) is 0 Å². The van der Waals surface area contributed by atoms with Crippen LogP contribution >= 0.6 is 0 Å². The van der Waals surface area contributed by atoms with Gasteiger partial charge < -0.3 is 14.6 Å². The summed E-state index contributed by atoms with van der Waals surface area (Å²) < 4.78 is 15.7. The molecule has 22 heavy (non-hydrogen) atoms. The molecule has 2 aromatic rings. The highest BCUT2D eigenvalue weighted by atomic mass is 19.1. The molecule has 0 amide bonds. The highest BCUT2D eigenvalue weighted by molar-refractivity contribution is 5.42. The van der Waals surface area contributed by atoms with E-state index in [0.717, 1.165) is 44.0 Å². The molecule has 1 aliphatic heterocycles. The van der Waals surface area contributed by atoms with E-state index in [1.807, 2.05) is 12.4 Å². The number of imidazole rings is 1. The number of hydrogen-bond donors (Lipinski definition) is 1. The van der Waals surface area contributed by atoms with Crippen LogP contribution in [0.1, 0.15) is 37.2 Å². The number of rotatable bonds is 4. The second-order valence-corrected chi connectivity index (χ2v) is 5.64. The highest BCUT2D eigenvalue weighted by Crippen LogP contribution is 2.27. The van der Waals surface area contributed by atoms with Gasteiger partial charge in [0.15, 0.2) is 0 Å². The number of aryl methyl sites for hydroxylation is 1. The van der Waals surface area contributed by atoms with Crippen LogP contribution in [0, 0.1) is 5.82 Å². The number of aromatic nitrogens is 3. The summed E-state index contributed by atoms with van der Waals surface area (Å²) in [6, 6.07) is 2.00. The van der Waals surface area contributed by atoms with Gasteiger partial charge in [0.1, 0.15) is 17.5 Å². The van der Waals surface area contributed by atoms with Gasteiger partial charge in [-0.25, -0.2) is 14.4 Å². The lowest BCUT2D eigenvalue weighted by atomic mass is 10.0. The molecule has 1 saturated heterocycles. The number of anilines is 1. The fourth-order valence-electron chi connectivity index (χ4n) is 3.10. The maximum Gasteiger partial charge on any atom is 0.147 e. The zero-order valence-electron chi connectivity index (χ0n) is 12.7. The van der Waals surface area contributed by atoms with Gasteiger partial charge >= 0.3 is 0 Å². The third-order valence-corrected chi connectivity index (χ3v) is 4.27. The van der Waals surface area contributed by atoms with E-state index < -0.39 is 5.82 Å². The Kier molecular flexibility index (Phi) is 4.38. The van der Waals surface area contributed by atoms with Crippen molar-refractivity contribution in [2.75, 3.05) is 18.0 Å². The smallest absolute Gasteiger partial charge is 0.147 e. The summed E-state index contributed by atoms with van der Waals surface area (Å²) in [4.78, 5) is 10.7. The minimum Gasteiger partial charge on any atom is -0.392 e. The van der Waals surface area contributed by atoms with E-state index >= 15 is 0 Å². The highest BCUT2D eigenvalue weighted by Gasteiger charge is 2.23. The summed E-state index contributed by atoms with van der Waals surface area (Å²) in [6.07, 6.45) is 8.14. The van der Waals surface area contributed by atoms with Crippen LogP contribution in [0.15, 0.2) is 24.7 Å². The Balaban J connectivity index is 1.81. The second-order valence-electron chi connectivity index (χ2n) is 5.64. The molecule has 0 radical (unpaired) electrons. The molecule has 3 rings (SSSR count). The van der Waals surface area contributed by atoms with Gasteiger partial charge in [0.2, 0.25) is 0 Å². The van der Waals surface area contributed by atoms with Gasteiger partial charge in [0.25, 0.3) is 0 Å². The Hall–Kier alpha value is -1.95. The van der Waals surface area contributed by atoms with Crippen molar-refractivity contribution >= 4 is 5.82 Å². The normalized spacial score (nSPS) is 18.7. The average molecular weight is 304 g/mol. The SMILES string of the molecule is CCc1nccn1C1CCCN(c2cc(CO)c(F)cn2)C1. The maximum atomic E-state index is 13.5. The molecule has 0 saturated carbocycles. The molecule has 0 bridgehead atoms. The van der Waals surface area contributed by atoms with E-state index in [1.54, 1.807) is 6.07 Å². The van der Waals surface area contributed by atoms with Gasteiger partial charge in [-0.2, -0.15) is 0 Å². The van der Waals surface area contributed by atoms with E-state index in [4.69, 9.17) is 0 Å². The molecule has 0 spiro atoms. The fraction of sp³-hybridized carbons (Fsp3) is 0.500. The lowest BCUT2D eigenvalue weighted by molar-refractivity contribution is 0.275. The number of aliphatic hydroxyl groups is 1. The quantitative estimate of drug-likeness (QED) is 0.942. The molecule has 1 N–H and O–H groups in total. The Morgan fingerprint density at radius 3 is 3.05 bits per heavy atom. The zero-order chi connectivity index (χ0) is 15.5. The van der Waals surface area contributed by atoms with Crippen LogP contribution in [-0.4, -0.2) is 32.7 Å². The molecule has 1 unspecified atom stereocenters. The van der Waals surface area contributed by atoms with Gasteiger partial charge in [0, 0.05) is 37.5 Å². The van der Waals surface area contributed by atoms with Crippen molar-refractivity contribution in [2.45, 2.75) is 38.8 Å². The lowest BCUT2D eigenvalue weighted by Gasteiger charge is -2.35. The average Bonchev–Trinajstić information content (AvgIpc) is 3.04. The zero-order valence-corrected chi connectivity index (χ0v) is 12.7. The second kappa shape index (κ2) is 6.44. The Morgan fingerprint density at radius 2 is 2.27 bits per heavy atom. The van der Waals surface area contributed by atoms with Crippen molar-refractivity contribution in [3.63, 3.8) is 0 Å². The molecular formula is C16H21FN4O. The van der Waals surface area contributed by atoms with E-state index in [2.05, 4.69) is 26.4 Å². The molecule has 0 aliphatic carbocycles. The molecule has 1 atom stereocenters. The van der Waals surface area contributed by atoms with Crippen molar-refractivity contribution in [1.29, 1.82) is 0 Å². The van der Waals surface area contributed by atoms with Crippen LogP contribution in [0.5, 0.6) is 0 Å². The van der Waals surface area contributed by atoms with Crippen molar-refractivity contribution in [1.82, 2.24) is 14.5 Å². The minimum atomic E-state index is -0.456. The monoisotopic (exact) mass is 304 g/mol. The summed E-state index contributed by atoms with van der Waals surface area (Å²) in [7, 11) is 0. The summed E-state index contributed by atoms with van der Waals surface area (Å²) >= 11 is 0. The molecule has 118 valence electrons. The number of hydrogen-bond acceptors (Lipinski definition) is 4. The molecule has 2 aromatic heterocycles. The molecule has 1 fully saturated rings. The van der Waals surface area contributed by atoms with Crippen molar-refractivity contribution in [3.05, 3.63) is 41.9 Å². The van der Waals surface area contributed by atoms with E-state index in [9.17, 15) is 9.50 Å².